The summed E-state index contributed by atoms with van der Waals surface area (Å²) in [5.74, 6) is 0. The molecule has 0 N–H and O–H groups in total. The molecule has 0 aromatic heterocycles. The zero-order valence-corrected chi connectivity index (χ0v) is 27.9. The molecule has 50 heavy (non-hydrogen) atoms. The number of rotatable bonds is 2. The van der Waals surface area contributed by atoms with Gasteiger partial charge in [0.25, 0.3) is 0 Å². The predicted octanol–water partition coefficient (Wildman–Crippen LogP) is 13.7. The molecule has 0 unspecified atom stereocenters. The molecule has 9 aromatic rings. The van der Waals surface area contributed by atoms with Crippen LogP contribution in [0.5, 0.6) is 0 Å². The van der Waals surface area contributed by atoms with E-state index in [4.69, 9.17) is 0 Å². The van der Waals surface area contributed by atoms with Crippen LogP contribution in [0.2, 0.25) is 0 Å². The van der Waals surface area contributed by atoms with Gasteiger partial charge in [0.05, 0.1) is 17.1 Å². The molecule has 0 atom stereocenters. The maximum Gasteiger partial charge on any atom is 0.0620 e. The van der Waals surface area contributed by atoms with Crippen molar-refractivity contribution in [3.63, 3.8) is 0 Å². The second-order valence-electron chi connectivity index (χ2n) is 14.8. The first kappa shape index (κ1) is 26.7. The van der Waals surface area contributed by atoms with Crippen LogP contribution in [0.1, 0.15) is 25.0 Å². The molecule has 3 heterocycles. The Morgan fingerprint density at radius 2 is 0.840 bits per heavy atom. The lowest BCUT2D eigenvalue weighted by molar-refractivity contribution is 0.634. The first-order chi connectivity index (χ1) is 24.6. The molecule has 12 rings (SSSR count). The molecular formula is C49H31N. The van der Waals surface area contributed by atoms with Crippen LogP contribution in [0.15, 0.2) is 152 Å². The van der Waals surface area contributed by atoms with Crippen molar-refractivity contribution >= 4 is 60.2 Å². The van der Waals surface area contributed by atoms with E-state index in [2.05, 4.69) is 170 Å². The fourth-order valence-corrected chi connectivity index (χ4v) is 9.91. The molecule has 3 aliphatic heterocycles. The van der Waals surface area contributed by atoms with Gasteiger partial charge in [-0.05, 0) is 89.0 Å². The van der Waals surface area contributed by atoms with Crippen molar-refractivity contribution in [3.05, 3.63) is 163 Å². The van der Waals surface area contributed by atoms with Gasteiger partial charge in [0, 0.05) is 27.3 Å². The molecule has 0 fully saturated rings. The van der Waals surface area contributed by atoms with Crippen LogP contribution in [0.4, 0.5) is 17.1 Å². The van der Waals surface area contributed by atoms with Crippen LogP contribution in [0.25, 0.3) is 87.6 Å². The standard InChI is InChI=1S/C49H31N/c1-49(2)40-24-22-29-14-10-20-36-38-26-31(27-39-37-21-11-15-30-23-25-41(49)48(45(30)37)50(46(38)39)47(40)44(29)36)43-34-18-8-6-16-32(34)42(28-12-4-3-5-13-28)33-17-7-9-19-35(33)43/h3-27H,1-2H3. The minimum atomic E-state index is -0.128. The van der Waals surface area contributed by atoms with Crippen molar-refractivity contribution in [2.75, 3.05) is 4.90 Å². The van der Waals surface area contributed by atoms with E-state index in [0.717, 1.165) is 0 Å². The van der Waals surface area contributed by atoms with Crippen LogP contribution in [-0.2, 0) is 5.41 Å². The average molecular weight is 634 g/mol. The van der Waals surface area contributed by atoms with Crippen molar-refractivity contribution in [2.24, 2.45) is 0 Å². The summed E-state index contributed by atoms with van der Waals surface area (Å²) in [6.07, 6.45) is 0. The number of hydrogen-bond acceptors (Lipinski definition) is 1. The molecule has 3 aliphatic rings. The summed E-state index contributed by atoms with van der Waals surface area (Å²) in [6, 6.07) is 57.2. The second kappa shape index (κ2) is 9.08. The Kier molecular flexibility index (Phi) is 4.85. The van der Waals surface area contributed by atoms with E-state index in [1.807, 2.05) is 0 Å². The van der Waals surface area contributed by atoms with E-state index in [0.29, 0.717) is 0 Å². The Balaban J connectivity index is 1.28. The van der Waals surface area contributed by atoms with Crippen molar-refractivity contribution in [1.29, 1.82) is 0 Å². The topological polar surface area (TPSA) is 3.24 Å². The highest BCUT2D eigenvalue weighted by Gasteiger charge is 2.44. The molecule has 1 nitrogen and oxygen atoms in total. The van der Waals surface area contributed by atoms with Gasteiger partial charge in [0.15, 0.2) is 0 Å². The summed E-state index contributed by atoms with van der Waals surface area (Å²) in [5, 5.41) is 10.5. The van der Waals surface area contributed by atoms with Gasteiger partial charge >= 0.3 is 0 Å². The van der Waals surface area contributed by atoms with Crippen molar-refractivity contribution < 1.29 is 0 Å². The van der Waals surface area contributed by atoms with Gasteiger partial charge in [0.1, 0.15) is 0 Å². The van der Waals surface area contributed by atoms with Gasteiger partial charge in [-0.3, -0.25) is 0 Å². The van der Waals surface area contributed by atoms with Gasteiger partial charge < -0.3 is 4.90 Å². The Morgan fingerprint density at radius 3 is 1.34 bits per heavy atom. The highest BCUT2D eigenvalue weighted by Crippen LogP contribution is 2.66. The molecular weight excluding hydrogens is 603 g/mol. The van der Waals surface area contributed by atoms with E-state index in [1.165, 1.54) is 116 Å². The third-order valence-corrected chi connectivity index (χ3v) is 12.0. The number of hydrogen-bond donors (Lipinski definition) is 0. The van der Waals surface area contributed by atoms with Crippen LogP contribution < -0.4 is 4.90 Å². The molecule has 1 heteroatoms. The minimum Gasteiger partial charge on any atom is -0.307 e. The van der Waals surface area contributed by atoms with Crippen LogP contribution in [0.3, 0.4) is 0 Å². The summed E-state index contributed by atoms with van der Waals surface area (Å²) in [5.41, 5.74) is 17.1. The molecule has 0 amide bonds. The summed E-state index contributed by atoms with van der Waals surface area (Å²) in [7, 11) is 0. The minimum absolute atomic E-state index is 0.128. The summed E-state index contributed by atoms with van der Waals surface area (Å²) >= 11 is 0. The molecule has 0 bridgehead atoms. The van der Waals surface area contributed by atoms with E-state index in [9.17, 15) is 0 Å². The summed E-state index contributed by atoms with van der Waals surface area (Å²) in [4.78, 5) is 2.66. The van der Waals surface area contributed by atoms with Crippen molar-refractivity contribution in [2.45, 2.75) is 19.3 Å². The maximum atomic E-state index is 2.66. The van der Waals surface area contributed by atoms with E-state index >= 15 is 0 Å². The molecule has 0 radical (unpaired) electrons. The lowest BCUT2D eigenvalue weighted by Gasteiger charge is -2.48. The Hall–Kier alpha value is -6.18. The highest BCUT2D eigenvalue weighted by atomic mass is 15.2. The number of anilines is 3. The third kappa shape index (κ3) is 3.10. The van der Waals surface area contributed by atoms with E-state index in [1.54, 1.807) is 0 Å². The summed E-state index contributed by atoms with van der Waals surface area (Å²) < 4.78 is 0. The van der Waals surface area contributed by atoms with E-state index < -0.39 is 0 Å². The van der Waals surface area contributed by atoms with Gasteiger partial charge in [-0.15, -0.1) is 0 Å². The zero-order valence-electron chi connectivity index (χ0n) is 27.9. The van der Waals surface area contributed by atoms with E-state index in [-0.39, 0.29) is 5.41 Å². The first-order valence-electron chi connectivity index (χ1n) is 17.7. The Labute approximate surface area is 290 Å². The highest BCUT2D eigenvalue weighted by molar-refractivity contribution is 6.27. The molecule has 0 saturated carbocycles. The Morgan fingerprint density at radius 1 is 0.380 bits per heavy atom. The fourth-order valence-electron chi connectivity index (χ4n) is 9.91. The SMILES string of the molecule is CC1(C)c2ccc3cccc4c3c2N2c3c-4cc(-c4c5ccccc5c(-c5ccccc5)c5ccccc45)cc3-c3cccc4ccc1c2c34. The van der Waals surface area contributed by atoms with Crippen molar-refractivity contribution in [1.82, 2.24) is 0 Å². The molecule has 232 valence electrons. The second-order valence-corrected chi connectivity index (χ2v) is 14.8. The third-order valence-electron chi connectivity index (χ3n) is 12.0. The zero-order chi connectivity index (χ0) is 32.9. The maximum absolute atomic E-state index is 2.66. The number of fused-ring (bicyclic) bond motifs is 4. The first-order valence-corrected chi connectivity index (χ1v) is 17.7. The smallest absolute Gasteiger partial charge is 0.0620 e. The normalized spacial score (nSPS) is 14.3. The average Bonchev–Trinajstić information content (AvgIpc) is 3.16. The fraction of sp³-hybridized carbons (Fsp3) is 0.0612. The summed E-state index contributed by atoms with van der Waals surface area (Å²) in [6.45, 7) is 4.82. The molecule has 0 saturated heterocycles. The van der Waals surface area contributed by atoms with Crippen LogP contribution >= 0.6 is 0 Å². The number of nitrogens with zero attached hydrogens (tertiary/aromatic N) is 1. The predicted molar refractivity (Wildman–Crippen MR) is 212 cm³/mol. The quantitative estimate of drug-likeness (QED) is 0.171. The molecule has 0 spiro atoms. The van der Waals surface area contributed by atoms with Crippen LogP contribution in [-0.4, -0.2) is 0 Å². The van der Waals surface area contributed by atoms with Crippen LogP contribution in [0, 0.1) is 0 Å². The molecule has 9 aromatic carbocycles. The van der Waals surface area contributed by atoms with Crippen molar-refractivity contribution in [3.8, 4) is 44.5 Å². The number of benzene rings is 9. The largest absolute Gasteiger partial charge is 0.307 e. The lowest BCUT2D eigenvalue weighted by Crippen LogP contribution is -2.33. The Bertz CT molecular complexity index is 2830. The monoisotopic (exact) mass is 633 g/mol. The van der Waals surface area contributed by atoms with Gasteiger partial charge in [-0.25, -0.2) is 0 Å². The van der Waals surface area contributed by atoms with Gasteiger partial charge in [-0.2, -0.15) is 0 Å². The van der Waals surface area contributed by atoms with Gasteiger partial charge in [0.2, 0.25) is 0 Å². The lowest BCUT2D eigenvalue weighted by atomic mass is 9.68. The van der Waals surface area contributed by atoms with Gasteiger partial charge in [-0.1, -0.05) is 153 Å². The molecule has 0 aliphatic carbocycles.